The third kappa shape index (κ3) is 25.3. The van der Waals surface area contributed by atoms with Gasteiger partial charge in [-0.25, -0.2) is 9.48 Å². The first-order valence-corrected chi connectivity index (χ1v) is 30.4. The molecule has 22 nitrogen and oxygen atoms in total. The molecule has 2 fully saturated rings. The highest BCUT2D eigenvalue weighted by molar-refractivity contribution is 5.91. The first kappa shape index (κ1) is 69.4. The number of nitrogens with one attached hydrogen (secondary N) is 2. The van der Waals surface area contributed by atoms with E-state index in [-0.39, 0.29) is 95.7 Å². The van der Waals surface area contributed by atoms with Gasteiger partial charge in [-0.1, -0.05) is 165 Å². The average molecular weight is 1190 g/mol. The van der Waals surface area contributed by atoms with Crippen LogP contribution in [0.4, 0.5) is 0 Å². The van der Waals surface area contributed by atoms with Crippen LogP contribution in [0, 0.1) is 23.7 Å². The van der Waals surface area contributed by atoms with Crippen LogP contribution in [-0.4, -0.2) is 132 Å². The Labute approximate surface area is 501 Å². The van der Waals surface area contributed by atoms with Gasteiger partial charge in [0.25, 0.3) is 0 Å². The minimum atomic E-state index is -1.28. The van der Waals surface area contributed by atoms with Crippen molar-refractivity contribution in [2.24, 2.45) is 23.7 Å². The molecule has 0 radical (unpaired) electrons. The summed E-state index contributed by atoms with van der Waals surface area (Å²) in [4.78, 5) is 90.7. The number of aromatic nitrogens is 3. The molecule has 0 bridgehead atoms. The topological polar surface area (TPSA) is 267 Å². The van der Waals surface area contributed by atoms with E-state index in [1.54, 1.807) is 30.5 Å². The third-order valence-electron chi connectivity index (χ3n) is 15.5. The molecule has 2 saturated heterocycles. The second-order valence-corrected chi connectivity index (χ2v) is 22.4. The number of unbranched alkanes of at least 4 members (excludes halogenated alkanes) is 10. The van der Waals surface area contributed by atoms with E-state index in [1.807, 2.05) is 57.2 Å². The molecule has 3 aromatic rings. The van der Waals surface area contributed by atoms with Gasteiger partial charge >= 0.3 is 29.8 Å². The summed E-state index contributed by atoms with van der Waals surface area (Å²) in [6, 6.07) is 15.6. The van der Waals surface area contributed by atoms with E-state index in [2.05, 4.69) is 34.8 Å². The van der Waals surface area contributed by atoms with Crippen LogP contribution in [0.15, 0.2) is 66.9 Å². The molecule has 0 saturated carbocycles. The number of hydrogen-bond donors (Lipinski definition) is 2. The van der Waals surface area contributed by atoms with Gasteiger partial charge in [-0.15, -0.1) is 5.10 Å². The van der Waals surface area contributed by atoms with E-state index in [0.29, 0.717) is 12.1 Å². The van der Waals surface area contributed by atoms with Gasteiger partial charge in [-0.05, 0) is 35.8 Å². The van der Waals surface area contributed by atoms with Crippen molar-refractivity contribution in [3.63, 3.8) is 0 Å². The van der Waals surface area contributed by atoms with Crippen LogP contribution in [0.2, 0.25) is 0 Å². The number of esters is 5. The van der Waals surface area contributed by atoms with E-state index >= 15 is 0 Å². The van der Waals surface area contributed by atoms with E-state index in [0.717, 1.165) is 36.8 Å². The van der Waals surface area contributed by atoms with Crippen LogP contribution >= 0.6 is 0 Å². The van der Waals surface area contributed by atoms with Crippen molar-refractivity contribution in [3.05, 3.63) is 83.7 Å². The number of hydrogen-bond acceptors (Lipinski definition) is 19. The SMILES string of the molecule is CCCCCCCCCCCCCC(=O)N[C@@H](COCc1cn(CCO[C@@H]2OC(COC(C)=O)[C@@H](O[C@H]3OC(COC(C)=O)[C@@H](C)[C@H](C)C3C)[C@H](C)C2OC(C)=O)nn1)C(=O)N[C@H](CCC(=O)OCc1ccccc1)C(=O)OCc1ccccc1. The molecule has 2 N–H and O–H groups in total. The van der Waals surface area contributed by atoms with Crippen molar-refractivity contribution in [2.75, 3.05) is 26.4 Å². The number of carbonyl (C=O) groups is 7. The Morgan fingerprint density at radius 2 is 1.19 bits per heavy atom. The molecule has 0 spiro atoms. The highest BCUT2D eigenvalue weighted by atomic mass is 16.7. The lowest BCUT2D eigenvalue weighted by atomic mass is 9.79. The Bertz CT molecular complexity index is 2480. The molecule has 85 heavy (non-hydrogen) atoms. The van der Waals surface area contributed by atoms with Crippen molar-refractivity contribution in [2.45, 2.75) is 221 Å². The van der Waals surface area contributed by atoms with Gasteiger partial charge in [0.1, 0.15) is 50.3 Å². The maximum atomic E-state index is 14.2. The van der Waals surface area contributed by atoms with E-state index in [4.69, 9.17) is 47.4 Å². The quantitative estimate of drug-likeness (QED) is 0.0311. The van der Waals surface area contributed by atoms with Crippen LogP contribution in [-0.2, 0) is 107 Å². The number of amides is 2. The third-order valence-corrected chi connectivity index (χ3v) is 15.5. The van der Waals surface area contributed by atoms with Gasteiger partial charge in [0.2, 0.25) is 11.8 Å². The minimum Gasteiger partial charge on any atom is -0.463 e. The predicted octanol–water partition coefficient (Wildman–Crippen LogP) is 8.19. The lowest BCUT2D eigenvalue weighted by Crippen LogP contribution is -2.60. The molecular weight excluding hydrogens is 1100 g/mol. The maximum Gasteiger partial charge on any atom is 0.328 e. The zero-order valence-corrected chi connectivity index (χ0v) is 51.1. The fourth-order valence-electron chi connectivity index (χ4n) is 10.2. The van der Waals surface area contributed by atoms with Gasteiger partial charge in [-0.2, -0.15) is 0 Å². The number of ether oxygens (including phenoxy) is 10. The van der Waals surface area contributed by atoms with E-state index in [1.165, 1.54) is 64.0 Å². The molecule has 4 unspecified atom stereocenters. The van der Waals surface area contributed by atoms with Gasteiger partial charge in [0, 0.05) is 45.4 Å². The smallest absolute Gasteiger partial charge is 0.328 e. The molecule has 472 valence electrons. The summed E-state index contributed by atoms with van der Waals surface area (Å²) in [5.41, 5.74) is 1.89. The lowest BCUT2D eigenvalue weighted by molar-refractivity contribution is -0.337. The zero-order chi connectivity index (χ0) is 61.5. The number of rotatable bonds is 38. The Kier molecular flexibility index (Phi) is 31.0. The molecule has 1 aromatic heterocycles. The maximum absolute atomic E-state index is 14.2. The number of benzene rings is 2. The molecule has 2 amide bonds. The van der Waals surface area contributed by atoms with Crippen molar-refractivity contribution >= 4 is 41.7 Å². The number of nitrogens with zero attached hydrogens (tertiary/aromatic N) is 3. The first-order chi connectivity index (χ1) is 40.9. The standard InChI is InChI=1S/C63H93N5O17/c1-9-10-11-12-13-14-15-16-17-18-25-30-56(72)64-53(60(74)65-52(61(75)81-37-50-28-23-20-24-29-50)31-32-57(73)80-36-49-26-21-19-22-27-49)39-76-38-51-35-68(67-66-51)33-34-77-63-59(82-48(8)71)45(5)58(55(84-63)41-79-47(7)70)85-62-44(4)42(2)43(3)54(83-62)40-78-46(6)69/h19-24,26-29,35,42-45,52-55,58-59,62-63H,9-18,25,30-34,36-41H2,1-8H3,(H,64,72)(H,65,74)/t42-,43-,44?,45-,52+,53-,54?,55?,58-,59?,62+,63+/m0/s1. The second kappa shape index (κ2) is 38.0. The fraction of sp³-hybridized carbons (Fsp3) is 0.667. The molecule has 2 aromatic carbocycles. The summed E-state index contributed by atoms with van der Waals surface area (Å²) in [5, 5.41) is 14.0. The highest BCUT2D eigenvalue weighted by Crippen LogP contribution is 2.39. The molecule has 0 aliphatic carbocycles. The molecule has 2 aliphatic rings. The van der Waals surface area contributed by atoms with Crippen LogP contribution in [0.5, 0.6) is 0 Å². The fourth-order valence-corrected chi connectivity index (χ4v) is 10.2. The van der Waals surface area contributed by atoms with Crippen LogP contribution in [0.25, 0.3) is 0 Å². The van der Waals surface area contributed by atoms with Crippen LogP contribution < -0.4 is 10.6 Å². The monoisotopic (exact) mass is 1190 g/mol. The van der Waals surface area contributed by atoms with E-state index in [9.17, 15) is 33.6 Å². The summed E-state index contributed by atoms with van der Waals surface area (Å²) in [7, 11) is 0. The van der Waals surface area contributed by atoms with Crippen molar-refractivity contribution in [1.82, 2.24) is 25.6 Å². The Hall–Kier alpha value is -6.33. The number of carbonyl (C=O) groups excluding carboxylic acids is 7. The minimum absolute atomic E-state index is 0.00623. The summed E-state index contributed by atoms with van der Waals surface area (Å²) in [6.07, 6.45) is 8.63. The Morgan fingerprint density at radius 1 is 0.600 bits per heavy atom. The summed E-state index contributed by atoms with van der Waals surface area (Å²) >= 11 is 0. The molecule has 12 atom stereocenters. The first-order valence-electron chi connectivity index (χ1n) is 30.4. The Morgan fingerprint density at radius 3 is 1.80 bits per heavy atom. The predicted molar refractivity (Wildman–Crippen MR) is 310 cm³/mol. The molecule has 3 heterocycles. The van der Waals surface area contributed by atoms with Gasteiger partial charge < -0.3 is 58.0 Å². The highest BCUT2D eigenvalue weighted by Gasteiger charge is 2.50. The largest absolute Gasteiger partial charge is 0.463 e. The summed E-state index contributed by atoms with van der Waals surface area (Å²) in [5.74, 6) is -4.53. The van der Waals surface area contributed by atoms with Gasteiger partial charge in [0.05, 0.1) is 44.8 Å². The second-order valence-electron chi connectivity index (χ2n) is 22.4. The summed E-state index contributed by atoms with van der Waals surface area (Å²) in [6.45, 7) is 13.5. The summed E-state index contributed by atoms with van der Waals surface area (Å²) < 4.78 is 60.9. The Balaban J connectivity index is 1.21. The van der Waals surface area contributed by atoms with Crippen molar-refractivity contribution < 1.29 is 80.9 Å². The van der Waals surface area contributed by atoms with Crippen LogP contribution in [0.3, 0.4) is 0 Å². The van der Waals surface area contributed by atoms with Crippen molar-refractivity contribution in [1.29, 1.82) is 0 Å². The van der Waals surface area contributed by atoms with Crippen LogP contribution in [0.1, 0.15) is 162 Å². The molecule has 22 heteroatoms. The zero-order valence-electron chi connectivity index (χ0n) is 51.1. The molecule has 5 rings (SSSR count). The normalized spacial score (nSPS) is 22.7. The van der Waals surface area contributed by atoms with Gasteiger partial charge in [-0.3, -0.25) is 28.8 Å². The van der Waals surface area contributed by atoms with Gasteiger partial charge in [0.15, 0.2) is 18.7 Å². The molecular formula is C63H93N5O17. The lowest BCUT2D eigenvalue weighted by Gasteiger charge is -2.48. The van der Waals surface area contributed by atoms with E-state index < -0.39 is 90.8 Å². The molecule has 2 aliphatic heterocycles. The van der Waals surface area contributed by atoms with Crippen molar-refractivity contribution in [3.8, 4) is 0 Å². The average Bonchev–Trinajstić information content (AvgIpc) is 3.87.